The van der Waals surface area contributed by atoms with Gasteiger partial charge in [-0.1, -0.05) is 127 Å². The molecule has 0 fully saturated rings. The van der Waals surface area contributed by atoms with E-state index in [4.69, 9.17) is 16.8 Å². The maximum absolute atomic E-state index is 9.41. The smallest absolute Gasteiger partial charge is 0.135 e. The van der Waals surface area contributed by atoms with E-state index in [9.17, 15) is 8.22 Å². The Balaban J connectivity index is 1.52. The zero-order valence-electron chi connectivity index (χ0n) is 37.3. The Morgan fingerprint density at radius 1 is 0.395 bits per heavy atom. The van der Waals surface area contributed by atoms with Crippen LogP contribution in [0.25, 0.3) is 87.6 Å². The maximum atomic E-state index is 9.41. The number of hydrogen-bond donors (Lipinski definition) is 0. The summed E-state index contributed by atoms with van der Waals surface area (Å²) in [6.07, 6.45) is 0. The van der Waals surface area contributed by atoms with Gasteiger partial charge in [-0.25, -0.2) is 0 Å². The van der Waals surface area contributed by atoms with E-state index in [1.807, 2.05) is 48.5 Å². The maximum Gasteiger partial charge on any atom is 0.135 e. The van der Waals surface area contributed by atoms with Crippen LogP contribution >= 0.6 is 0 Å². The van der Waals surface area contributed by atoms with E-state index in [0.29, 0.717) is 27.5 Å². The average Bonchev–Trinajstić information content (AvgIpc) is 3.60. The lowest BCUT2D eigenvalue weighted by Gasteiger charge is -2.18. The molecule has 1 heterocycles. The first-order valence-corrected chi connectivity index (χ1v) is 13.5. The van der Waals surface area contributed by atoms with Gasteiger partial charge in [0, 0.05) is 10.8 Å². The lowest BCUT2D eigenvalue weighted by molar-refractivity contribution is 0.669. The molecule has 1 heteroatoms. The van der Waals surface area contributed by atoms with Crippen molar-refractivity contribution in [1.29, 1.82) is 0 Å². The van der Waals surface area contributed by atoms with Gasteiger partial charge in [-0.05, 0) is 96.0 Å². The first kappa shape index (κ1) is 13.5. The van der Waals surface area contributed by atoms with Crippen LogP contribution in [0.5, 0.6) is 0 Å². The Bertz CT molecular complexity index is 3260. The summed E-state index contributed by atoms with van der Waals surface area (Å²) in [4.78, 5) is 0. The van der Waals surface area contributed by atoms with Crippen LogP contribution in [-0.2, 0) is 0 Å². The summed E-state index contributed by atoms with van der Waals surface area (Å²) in [7, 11) is 0. The van der Waals surface area contributed by atoms with Crippen molar-refractivity contribution in [3.05, 3.63) is 157 Å². The summed E-state index contributed by atoms with van der Waals surface area (Å²) < 4.78 is 140. The molecule has 200 valence electrons. The Kier molecular flexibility index (Phi) is 2.97. The fraction of sp³-hybridized carbons (Fsp3) is 0. The highest BCUT2D eigenvalue weighted by Crippen LogP contribution is 2.45. The third-order valence-corrected chi connectivity index (χ3v) is 7.74. The van der Waals surface area contributed by atoms with Gasteiger partial charge in [-0.3, -0.25) is 0 Å². The molecule has 0 N–H and O–H groups in total. The molecule has 0 aliphatic heterocycles. The van der Waals surface area contributed by atoms with E-state index in [-0.39, 0.29) is 32.7 Å². The molecule has 0 aliphatic rings. The fourth-order valence-corrected chi connectivity index (χ4v) is 5.81. The minimum absolute atomic E-state index is 0.0232. The van der Waals surface area contributed by atoms with Gasteiger partial charge in [0.1, 0.15) is 11.2 Å². The summed E-state index contributed by atoms with van der Waals surface area (Å²) in [5.74, 6) is 0. The molecule has 0 spiro atoms. The van der Waals surface area contributed by atoms with Crippen LogP contribution in [0.1, 0.15) is 20.6 Å². The predicted octanol–water partition coefficient (Wildman–Crippen LogP) is 12.0. The minimum Gasteiger partial charge on any atom is -0.456 e. The van der Waals surface area contributed by atoms with Crippen molar-refractivity contribution in [2.75, 3.05) is 0 Å². The number of hydrogen-bond acceptors (Lipinski definition) is 1. The van der Waals surface area contributed by atoms with Gasteiger partial charge in [0.15, 0.2) is 0 Å². The highest BCUT2D eigenvalue weighted by molar-refractivity contribution is 6.22. The van der Waals surface area contributed by atoms with Crippen molar-refractivity contribution < 1.29 is 25.0 Å². The molecule has 1 aromatic heterocycles. The highest BCUT2D eigenvalue weighted by atomic mass is 16.3. The van der Waals surface area contributed by atoms with E-state index in [2.05, 4.69) is 0 Å². The second kappa shape index (κ2) is 9.44. The summed E-state index contributed by atoms with van der Waals surface area (Å²) >= 11 is 0. The summed E-state index contributed by atoms with van der Waals surface area (Å²) in [6, 6.07) is 10.4. The van der Waals surface area contributed by atoms with E-state index in [1.165, 1.54) is 0 Å². The molecule has 0 radical (unpaired) electrons. The first-order chi connectivity index (χ1) is 27.6. The lowest BCUT2D eigenvalue weighted by Crippen LogP contribution is -1.91. The normalized spacial score (nSPS) is 16.6. The third kappa shape index (κ3) is 3.79. The average molecular weight is 562 g/mol. The minimum atomic E-state index is -0.738. The van der Waals surface area contributed by atoms with Crippen molar-refractivity contribution in [2.45, 2.75) is 0 Å². The van der Waals surface area contributed by atoms with Gasteiger partial charge in [-0.2, -0.15) is 0 Å². The lowest BCUT2D eigenvalue weighted by atomic mass is 9.85. The second-order valence-corrected chi connectivity index (χ2v) is 10.1. The monoisotopic (exact) mass is 561 g/mol. The number of furan rings is 1. The summed E-state index contributed by atoms with van der Waals surface area (Å²) in [6.45, 7) is 0. The van der Waals surface area contributed by atoms with Gasteiger partial charge in [0.25, 0.3) is 0 Å². The molecule has 9 aromatic rings. The number of fused-ring (bicyclic) bond motifs is 6. The molecule has 0 atom stereocenters. The van der Waals surface area contributed by atoms with Crippen molar-refractivity contribution in [2.24, 2.45) is 0 Å². The van der Waals surface area contributed by atoms with E-state index >= 15 is 0 Å². The van der Waals surface area contributed by atoms with Crippen molar-refractivity contribution in [3.8, 4) is 33.4 Å². The third-order valence-electron chi connectivity index (χ3n) is 7.74. The zero-order chi connectivity index (χ0) is 41.4. The summed E-state index contributed by atoms with van der Waals surface area (Å²) in [5.41, 5.74) is 2.37. The molecule has 0 unspecified atom stereocenters. The fourth-order valence-electron chi connectivity index (χ4n) is 5.81. The number of rotatable bonds is 3. The molecule has 8 aromatic carbocycles. The van der Waals surface area contributed by atoms with Crippen LogP contribution in [0.2, 0.25) is 0 Å². The van der Waals surface area contributed by atoms with Gasteiger partial charge in [0.05, 0.1) is 20.6 Å². The van der Waals surface area contributed by atoms with Gasteiger partial charge in [0.2, 0.25) is 0 Å². The zero-order valence-corrected chi connectivity index (χ0v) is 22.3. The molecule has 1 nitrogen and oxygen atoms in total. The molecule has 0 amide bonds. The summed E-state index contributed by atoms with van der Waals surface area (Å²) in [5, 5.41) is -0.481. The second-order valence-electron chi connectivity index (χ2n) is 10.1. The van der Waals surface area contributed by atoms with Crippen LogP contribution in [-0.4, -0.2) is 0 Å². The molecular weight excluding hydrogens is 520 g/mol. The molecule has 43 heavy (non-hydrogen) atoms. The van der Waals surface area contributed by atoms with Crippen molar-refractivity contribution >= 4 is 54.3 Å². The van der Waals surface area contributed by atoms with Crippen LogP contribution in [0.3, 0.4) is 0 Å². The van der Waals surface area contributed by atoms with Crippen LogP contribution in [0.4, 0.5) is 0 Å². The molecular formula is C42H26O. The molecule has 0 saturated carbocycles. The van der Waals surface area contributed by atoms with Crippen LogP contribution in [0.15, 0.2) is 162 Å². The van der Waals surface area contributed by atoms with Gasteiger partial charge < -0.3 is 4.42 Å². The largest absolute Gasteiger partial charge is 0.456 e. The number of benzene rings is 8. The quantitative estimate of drug-likeness (QED) is 0.196. The first-order valence-electron chi connectivity index (χ1n) is 21.0. The molecule has 0 saturated heterocycles. The van der Waals surface area contributed by atoms with Crippen LogP contribution < -0.4 is 0 Å². The topological polar surface area (TPSA) is 13.1 Å². The molecule has 9 rings (SSSR count). The molecule has 0 bridgehead atoms. The van der Waals surface area contributed by atoms with Gasteiger partial charge in [-0.15, -0.1) is 0 Å². The Morgan fingerprint density at radius 3 is 1.58 bits per heavy atom. The van der Waals surface area contributed by atoms with E-state index in [1.54, 1.807) is 18.2 Å². The SMILES string of the molecule is [2H]c1c([2H])c([2H])c2c([2H])c(-c3c4c([2H])c([2H])c([2H])c([2H])c4c(-c4ccc5oc6ccc(-c7ccccc7)cc6c5c4)c4c([2H])c([2H])c([2H])c([2H])c34)c([2H])c([2H])c2c1[2H]. The predicted molar refractivity (Wildman–Crippen MR) is 183 cm³/mol. The van der Waals surface area contributed by atoms with E-state index < -0.39 is 107 Å². The highest BCUT2D eigenvalue weighted by Gasteiger charge is 2.18. The van der Waals surface area contributed by atoms with Crippen molar-refractivity contribution in [3.63, 3.8) is 0 Å². The van der Waals surface area contributed by atoms with E-state index in [0.717, 1.165) is 11.1 Å². The Hall–Kier alpha value is -5.66. The Labute approximate surface area is 270 Å². The molecule has 0 aliphatic carbocycles. The van der Waals surface area contributed by atoms with Crippen LogP contribution in [0, 0.1) is 0 Å². The standard InChI is InChI=1S/C42H26O/c1-2-10-27(11-3-1)30-20-22-39-37(25-30)38-26-32(21-23-40(38)43-39)42-35-16-8-6-14-33(35)41(34-15-7-9-17-36(34)42)31-19-18-28-12-4-5-13-29(28)24-31/h1-26H/i4D,5D,6D,7D,8D,9D,12D,13D,14D,15D,16D,17D,18D,19D,24D. The van der Waals surface area contributed by atoms with Gasteiger partial charge >= 0.3 is 0 Å². The Morgan fingerprint density at radius 2 is 0.930 bits per heavy atom. The van der Waals surface area contributed by atoms with Crippen molar-refractivity contribution in [1.82, 2.24) is 0 Å².